The molecule has 152 valence electrons. The first-order valence-electron chi connectivity index (χ1n) is 8.94. The average molecular weight is 470 g/mol. The number of carbonyl (C=O) groups excluding carboxylic acids is 1. The molecular weight excluding hydrogens is 444 g/mol. The van der Waals surface area contributed by atoms with Crippen molar-refractivity contribution in [3.8, 4) is 11.5 Å². The molecule has 28 heavy (non-hydrogen) atoms. The summed E-state index contributed by atoms with van der Waals surface area (Å²) in [4.78, 5) is 12.1. The molecule has 0 bridgehead atoms. The molecule has 0 aliphatic rings. The van der Waals surface area contributed by atoms with Crippen LogP contribution >= 0.6 is 27.5 Å². The van der Waals surface area contributed by atoms with E-state index in [-0.39, 0.29) is 18.1 Å². The van der Waals surface area contributed by atoms with Crippen molar-refractivity contribution in [2.45, 2.75) is 39.4 Å². The van der Waals surface area contributed by atoms with Crippen LogP contribution < -0.4 is 20.1 Å². The normalized spacial score (nSPS) is 11.2. The second kappa shape index (κ2) is 10.1. The van der Waals surface area contributed by atoms with E-state index in [1.165, 1.54) is 0 Å². The average Bonchev–Trinajstić information content (AvgIpc) is 2.61. The first-order chi connectivity index (χ1) is 13.2. The topological polar surface area (TPSA) is 59.6 Å². The van der Waals surface area contributed by atoms with E-state index in [4.69, 9.17) is 21.1 Å². The highest BCUT2D eigenvalue weighted by Crippen LogP contribution is 2.36. The standard InChI is InChI=1S/C21H26BrClN2O3/c1-21(2,3)25-19(26)13-28-20-15(16(22)9-10-18(20)27-4)12-24-11-14-7-5-6-8-17(14)23/h5-10,24H,11-13H2,1-4H3,(H,25,26). The van der Waals surface area contributed by atoms with E-state index in [0.29, 0.717) is 24.6 Å². The van der Waals surface area contributed by atoms with Gasteiger partial charge in [0, 0.05) is 33.7 Å². The molecular formula is C21H26BrClN2O3. The SMILES string of the molecule is COc1ccc(Br)c(CNCc2ccccc2Cl)c1OCC(=O)NC(C)(C)C. The van der Waals surface area contributed by atoms with Gasteiger partial charge in [-0.25, -0.2) is 0 Å². The summed E-state index contributed by atoms with van der Waals surface area (Å²) in [7, 11) is 1.58. The highest BCUT2D eigenvalue weighted by Gasteiger charge is 2.18. The molecule has 2 N–H and O–H groups in total. The summed E-state index contributed by atoms with van der Waals surface area (Å²) in [6.45, 7) is 6.80. The summed E-state index contributed by atoms with van der Waals surface area (Å²) < 4.78 is 12.1. The number of carbonyl (C=O) groups is 1. The van der Waals surface area contributed by atoms with Crippen molar-refractivity contribution in [2.24, 2.45) is 0 Å². The van der Waals surface area contributed by atoms with Gasteiger partial charge < -0.3 is 20.1 Å². The van der Waals surface area contributed by atoms with Gasteiger partial charge in [-0.1, -0.05) is 45.7 Å². The Balaban J connectivity index is 2.12. The van der Waals surface area contributed by atoms with Crippen LogP contribution in [0, 0.1) is 0 Å². The second-order valence-corrected chi connectivity index (χ2v) is 8.60. The molecule has 0 unspecified atom stereocenters. The number of methoxy groups -OCH3 is 1. The minimum atomic E-state index is -0.318. The van der Waals surface area contributed by atoms with Crippen molar-refractivity contribution >= 4 is 33.4 Å². The highest BCUT2D eigenvalue weighted by atomic mass is 79.9. The van der Waals surface area contributed by atoms with E-state index in [2.05, 4.69) is 26.6 Å². The Morgan fingerprint density at radius 2 is 1.86 bits per heavy atom. The Labute approximate surface area is 179 Å². The van der Waals surface area contributed by atoms with E-state index in [1.807, 2.05) is 51.1 Å². The first kappa shape index (κ1) is 22.5. The lowest BCUT2D eigenvalue weighted by Crippen LogP contribution is -2.43. The van der Waals surface area contributed by atoms with Crippen molar-refractivity contribution in [2.75, 3.05) is 13.7 Å². The van der Waals surface area contributed by atoms with Gasteiger partial charge in [0.05, 0.1) is 7.11 Å². The van der Waals surface area contributed by atoms with Gasteiger partial charge in [-0.15, -0.1) is 0 Å². The first-order valence-corrected chi connectivity index (χ1v) is 10.1. The van der Waals surface area contributed by atoms with Crippen LogP contribution in [0.5, 0.6) is 11.5 Å². The molecule has 0 radical (unpaired) electrons. The van der Waals surface area contributed by atoms with Crippen LogP contribution in [-0.4, -0.2) is 25.2 Å². The molecule has 1 amide bonds. The van der Waals surface area contributed by atoms with Gasteiger partial charge in [0.2, 0.25) is 0 Å². The van der Waals surface area contributed by atoms with Gasteiger partial charge in [-0.2, -0.15) is 0 Å². The van der Waals surface area contributed by atoms with E-state index < -0.39 is 0 Å². The van der Waals surface area contributed by atoms with Gasteiger partial charge >= 0.3 is 0 Å². The molecule has 0 aromatic heterocycles. The van der Waals surface area contributed by atoms with E-state index in [0.717, 1.165) is 20.6 Å². The number of amides is 1. The van der Waals surface area contributed by atoms with Crippen molar-refractivity contribution in [1.82, 2.24) is 10.6 Å². The summed E-state index contributed by atoms with van der Waals surface area (Å²) in [6, 6.07) is 11.4. The fourth-order valence-electron chi connectivity index (χ4n) is 2.62. The quantitative estimate of drug-likeness (QED) is 0.589. The van der Waals surface area contributed by atoms with Gasteiger partial charge in [-0.3, -0.25) is 4.79 Å². The van der Waals surface area contributed by atoms with E-state index in [9.17, 15) is 4.79 Å². The van der Waals surface area contributed by atoms with Crippen molar-refractivity contribution in [3.63, 3.8) is 0 Å². The highest BCUT2D eigenvalue weighted by molar-refractivity contribution is 9.10. The summed E-state index contributed by atoms with van der Waals surface area (Å²) >= 11 is 9.78. The molecule has 2 aromatic rings. The Morgan fingerprint density at radius 3 is 2.50 bits per heavy atom. The van der Waals surface area contributed by atoms with E-state index >= 15 is 0 Å². The molecule has 0 saturated heterocycles. The molecule has 7 heteroatoms. The Hall–Kier alpha value is -1.76. The lowest BCUT2D eigenvalue weighted by molar-refractivity contribution is -0.124. The van der Waals surface area contributed by atoms with Gasteiger partial charge in [0.15, 0.2) is 18.1 Å². The smallest absolute Gasteiger partial charge is 0.258 e. The third kappa shape index (κ3) is 6.69. The molecule has 0 aliphatic carbocycles. The Morgan fingerprint density at radius 1 is 1.14 bits per heavy atom. The minimum absolute atomic E-state index is 0.0956. The number of rotatable bonds is 8. The molecule has 2 aromatic carbocycles. The Bertz CT molecular complexity index is 822. The summed E-state index contributed by atoms with van der Waals surface area (Å²) in [5.74, 6) is 0.915. The van der Waals surface area contributed by atoms with Crippen molar-refractivity contribution in [3.05, 3.63) is 57.0 Å². The predicted molar refractivity (Wildman–Crippen MR) is 116 cm³/mol. The number of halogens is 2. The number of hydrogen-bond donors (Lipinski definition) is 2. The maximum Gasteiger partial charge on any atom is 0.258 e. The van der Waals surface area contributed by atoms with Crippen LogP contribution in [-0.2, 0) is 17.9 Å². The largest absolute Gasteiger partial charge is 0.493 e. The van der Waals surface area contributed by atoms with Gasteiger partial charge in [0.1, 0.15) is 0 Å². The third-order valence-electron chi connectivity index (χ3n) is 3.82. The molecule has 0 fully saturated rings. The third-order valence-corrected chi connectivity index (χ3v) is 4.94. The number of benzene rings is 2. The van der Waals surface area contributed by atoms with Gasteiger partial charge in [0.25, 0.3) is 5.91 Å². The van der Waals surface area contributed by atoms with Crippen LogP contribution in [0.1, 0.15) is 31.9 Å². The minimum Gasteiger partial charge on any atom is -0.493 e. The van der Waals surface area contributed by atoms with Crippen LogP contribution in [0.15, 0.2) is 40.9 Å². The summed E-state index contributed by atoms with van der Waals surface area (Å²) in [6.07, 6.45) is 0. The number of hydrogen-bond acceptors (Lipinski definition) is 4. The zero-order valence-corrected chi connectivity index (χ0v) is 18.9. The Kier molecular flexibility index (Phi) is 8.16. The molecule has 0 spiro atoms. The molecule has 0 aliphatic heterocycles. The molecule has 2 rings (SSSR count). The fourth-order valence-corrected chi connectivity index (χ4v) is 3.28. The van der Waals surface area contributed by atoms with Crippen LogP contribution in [0.4, 0.5) is 0 Å². The lowest BCUT2D eigenvalue weighted by atomic mass is 10.1. The monoisotopic (exact) mass is 468 g/mol. The maximum absolute atomic E-state index is 12.1. The zero-order valence-electron chi connectivity index (χ0n) is 16.6. The number of ether oxygens (including phenoxy) is 2. The summed E-state index contributed by atoms with van der Waals surface area (Å²) in [5.41, 5.74) is 1.56. The van der Waals surface area contributed by atoms with Crippen LogP contribution in [0.25, 0.3) is 0 Å². The molecule has 0 atom stereocenters. The molecule has 0 saturated carbocycles. The van der Waals surface area contributed by atoms with Crippen LogP contribution in [0.3, 0.4) is 0 Å². The van der Waals surface area contributed by atoms with Crippen molar-refractivity contribution < 1.29 is 14.3 Å². The molecule has 0 heterocycles. The zero-order chi connectivity index (χ0) is 20.7. The summed E-state index contributed by atoms with van der Waals surface area (Å²) in [5, 5.41) is 6.97. The van der Waals surface area contributed by atoms with Crippen LogP contribution in [0.2, 0.25) is 5.02 Å². The predicted octanol–water partition coefficient (Wildman–Crippen LogP) is 4.69. The van der Waals surface area contributed by atoms with Gasteiger partial charge in [-0.05, 0) is 44.5 Å². The van der Waals surface area contributed by atoms with E-state index in [1.54, 1.807) is 13.2 Å². The lowest BCUT2D eigenvalue weighted by Gasteiger charge is -2.21. The molecule has 5 nitrogen and oxygen atoms in total. The number of nitrogens with one attached hydrogen (secondary N) is 2. The van der Waals surface area contributed by atoms with Crippen molar-refractivity contribution in [1.29, 1.82) is 0 Å². The maximum atomic E-state index is 12.1. The fraction of sp³-hybridized carbons (Fsp3) is 0.381. The second-order valence-electron chi connectivity index (χ2n) is 7.34.